The molecule has 1 aliphatic rings. The number of aromatic nitrogens is 2. The summed E-state index contributed by atoms with van der Waals surface area (Å²) in [4.78, 5) is 34.5. The summed E-state index contributed by atoms with van der Waals surface area (Å²) in [5.74, 6) is 0.489. The molecule has 2 heterocycles. The van der Waals surface area contributed by atoms with Crippen LogP contribution in [0.25, 0.3) is 0 Å². The maximum absolute atomic E-state index is 12.5. The summed E-state index contributed by atoms with van der Waals surface area (Å²) in [6, 6.07) is 0. The Kier molecular flexibility index (Phi) is 4.75. The summed E-state index contributed by atoms with van der Waals surface area (Å²) in [5, 5.41) is 2.57. The van der Waals surface area contributed by atoms with Gasteiger partial charge in [-0.05, 0) is 6.92 Å². The lowest BCUT2D eigenvalue weighted by Crippen LogP contribution is -2.58. The number of nitrogens with one attached hydrogen (secondary N) is 1. The fourth-order valence-corrected chi connectivity index (χ4v) is 2.37. The lowest BCUT2D eigenvalue weighted by Gasteiger charge is -2.38. The number of hydrogen-bond donors (Lipinski definition) is 1. The van der Waals surface area contributed by atoms with E-state index in [1.165, 1.54) is 12.4 Å². The highest BCUT2D eigenvalue weighted by atomic mass is 16.5. The summed E-state index contributed by atoms with van der Waals surface area (Å²) in [5.41, 5.74) is -0.605. The molecule has 1 aromatic heterocycles. The van der Waals surface area contributed by atoms with Gasteiger partial charge in [-0.25, -0.2) is 9.97 Å². The lowest BCUT2D eigenvalue weighted by molar-refractivity contribution is -0.153. The van der Waals surface area contributed by atoms with Crippen molar-refractivity contribution in [1.82, 2.24) is 20.2 Å². The predicted molar refractivity (Wildman–Crippen MR) is 80.4 cm³/mol. The van der Waals surface area contributed by atoms with Gasteiger partial charge in [0, 0.05) is 31.9 Å². The van der Waals surface area contributed by atoms with Crippen LogP contribution in [0.3, 0.4) is 0 Å². The Morgan fingerprint density at radius 1 is 1.36 bits per heavy atom. The van der Waals surface area contributed by atoms with Gasteiger partial charge in [-0.3, -0.25) is 9.59 Å². The molecular formula is C15H22N4O3. The van der Waals surface area contributed by atoms with Crippen molar-refractivity contribution >= 4 is 11.8 Å². The van der Waals surface area contributed by atoms with Crippen molar-refractivity contribution in [2.45, 2.75) is 32.3 Å². The van der Waals surface area contributed by atoms with E-state index >= 15 is 0 Å². The standard InChI is InChI=1S/C15H22N4O3/c1-10(2)12-17-7-11(8-18-12)13(20)19-5-6-22-15(3,9-19)14(21)16-4/h7-8,10H,5-6,9H2,1-4H3,(H,16,21)/t15-/m1/s1. The molecule has 0 aliphatic carbocycles. The van der Waals surface area contributed by atoms with E-state index in [1.807, 2.05) is 13.8 Å². The fourth-order valence-electron chi connectivity index (χ4n) is 2.37. The normalized spacial score (nSPS) is 21.8. The quantitative estimate of drug-likeness (QED) is 0.883. The van der Waals surface area contributed by atoms with E-state index in [4.69, 9.17) is 4.74 Å². The largest absolute Gasteiger partial charge is 0.362 e. The SMILES string of the molecule is CNC(=O)[C@@]1(C)CN(C(=O)c2cnc(C(C)C)nc2)CCO1. The Morgan fingerprint density at radius 2 is 2.00 bits per heavy atom. The summed E-state index contributed by atoms with van der Waals surface area (Å²) in [6.07, 6.45) is 3.08. The van der Waals surface area contributed by atoms with Crippen LogP contribution in [0.4, 0.5) is 0 Å². The van der Waals surface area contributed by atoms with Gasteiger partial charge in [0.15, 0.2) is 5.60 Å². The van der Waals surface area contributed by atoms with Gasteiger partial charge in [0.1, 0.15) is 5.82 Å². The van der Waals surface area contributed by atoms with Crippen molar-refractivity contribution in [3.05, 3.63) is 23.8 Å². The van der Waals surface area contributed by atoms with Crippen LogP contribution in [0, 0.1) is 0 Å². The molecule has 2 amide bonds. The minimum atomic E-state index is -1.03. The van der Waals surface area contributed by atoms with Crippen LogP contribution in [0.5, 0.6) is 0 Å². The maximum Gasteiger partial charge on any atom is 0.257 e. The molecular weight excluding hydrogens is 284 g/mol. The van der Waals surface area contributed by atoms with Crippen LogP contribution in [-0.2, 0) is 9.53 Å². The van der Waals surface area contributed by atoms with E-state index in [9.17, 15) is 9.59 Å². The van der Waals surface area contributed by atoms with Crippen LogP contribution < -0.4 is 5.32 Å². The fraction of sp³-hybridized carbons (Fsp3) is 0.600. The zero-order valence-electron chi connectivity index (χ0n) is 13.4. The van der Waals surface area contributed by atoms with Gasteiger partial charge >= 0.3 is 0 Å². The molecule has 1 aromatic rings. The number of morpholine rings is 1. The molecule has 7 nitrogen and oxygen atoms in total. The molecule has 0 saturated carbocycles. The Hall–Kier alpha value is -2.02. The Balaban J connectivity index is 2.13. The van der Waals surface area contributed by atoms with Gasteiger partial charge in [0.25, 0.3) is 11.8 Å². The van der Waals surface area contributed by atoms with Crippen LogP contribution in [-0.4, -0.2) is 59.0 Å². The Bertz CT molecular complexity index is 558. The summed E-state index contributed by atoms with van der Waals surface area (Å²) in [7, 11) is 1.55. The molecule has 7 heteroatoms. The first-order valence-electron chi connectivity index (χ1n) is 7.35. The van der Waals surface area contributed by atoms with Crippen molar-refractivity contribution < 1.29 is 14.3 Å². The first-order valence-corrected chi connectivity index (χ1v) is 7.35. The molecule has 1 N–H and O–H groups in total. The molecule has 0 unspecified atom stereocenters. The van der Waals surface area contributed by atoms with E-state index in [-0.39, 0.29) is 24.3 Å². The van der Waals surface area contributed by atoms with E-state index < -0.39 is 5.60 Å². The van der Waals surface area contributed by atoms with Gasteiger partial charge in [-0.1, -0.05) is 13.8 Å². The van der Waals surface area contributed by atoms with Crippen molar-refractivity contribution in [3.63, 3.8) is 0 Å². The number of likely N-dealkylation sites (N-methyl/N-ethyl adjacent to an activating group) is 1. The van der Waals surface area contributed by atoms with Gasteiger partial charge in [-0.2, -0.15) is 0 Å². The van der Waals surface area contributed by atoms with Crippen LogP contribution in [0.15, 0.2) is 12.4 Å². The first-order chi connectivity index (χ1) is 10.4. The third kappa shape index (κ3) is 3.24. The number of amides is 2. The lowest BCUT2D eigenvalue weighted by atomic mass is 10.0. The van der Waals surface area contributed by atoms with Gasteiger partial charge in [0.2, 0.25) is 0 Å². The molecule has 0 radical (unpaired) electrons. The van der Waals surface area contributed by atoms with Crippen molar-refractivity contribution in [1.29, 1.82) is 0 Å². The number of hydrogen-bond acceptors (Lipinski definition) is 5. The van der Waals surface area contributed by atoms with E-state index in [0.29, 0.717) is 24.5 Å². The predicted octanol–water partition coefficient (Wildman–Crippen LogP) is 0.577. The zero-order chi connectivity index (χ0) is 16.3. The van der Waals surface area contributed by atoms with Gasteiger partial charge < -0.3 is 15.0 Å². The second-order valence-electron chi connectivity index (χ2n) is 5.87. The molecule has 1 fully saturated rings. The molecule has 0 spiro atoms. The van der Waals surface area contributed by atoms with Crippen molar-refractivity contribution in [2.75, 3.05) is 26.7 Å². The number of ether oxygens (including phenoxy) is 1. The molecule has 0 aromatic carbocycles. The monoisotopic (exact) mass is 306 g/mol. The Labute approximate surface area is 130 Å². The molecule has 1 atom stereocenters. The number of carbonyl (C=O) groups excluding carboxylic acids is 2. The zero-order valence-corrected chi connectivity index (χ0v) is 13.4. The molecule has 120 valence electrons. The molecule has 22 heavy (non-hydrogen) atoms. The average molecular weight is 306 g/mol. The third-order valence-corrected chi connectivity index (χ3v) is 3.70. The smallest absolute Gasteiger partial charge is 0.257 e. The van der Waals surface area contributed by atoms with E-state index in [0.717, 1.165) is 0 Å². The van der Waals surface area contributed by atoms with Gasteiger partial charge in [0.05, 0.1) is 18.7 Å². The molecule has 1 aliphatic heterocycles. The number of carbonyl (C=O) groups is 2. The second-order valence-corrected chi connectivity index (χ2v) is 5.87. The third-order valence-electron chi connectivity index (χ3n) is 3.70. The van der Waals surface area contributed by atoms with E-state index in [1.54, 1.807) is 18.9 Å². The molecule has 1 saturated heterocycles. The summed E-state index contributed by atoms with van der Waals surface area (Å²) >= 11 is 0. The van der Waals surface area contributed by atoms with Crippen LogP contribution >= 0.6 is 0 Å². The highest BCUT2D eigenvalue weighted by Gasteiger charge is 2.40. The summed E-state index contributed by atoms with van der Waals surface area (Å²) < 4.78 is 5.55. The topological polar surface area (TPSA) is 84.4 Å². The second kappa shape index (κ2) is 6.39. The van der Waals surface area contributed by atoms with Crippen LogP contribution in [0.1, 0.15) is 42.9 Å². The minimum absolute atomic E-state index is 0.186. The molecule has 2 rings (SSSR count). The van der Waals surface area contributed by atoms with E-state index in [2.05, 4.69) is 15.3 Å². The summed E-state index contributed by atoms with van der Waals surface area (Å²) in [6.45, 7) is 6.64. The van der Waals surface area contributed by atoms with Gasteiger partial charge in [-0.15, -0.1) is 0 Å². The first kappa shape index (κ1) is 16.4. The van der Waals surface area contributed by atoms with Crippen molar-refractivity contribution in [3.8, 4) is 0 Å². The number of rotatable bonds is 3. The van der Waals surface area contributed by atoms with Crippen molar-refractivity contribution in [2.24, 2.45) is 0 Å². The maximum atomic E-state index is 12.5. The molecule has 0 bridgehead atoms. The minimum Gasteiger partial charge on any atom is -0.362 e. The highest BCUT2D eigenvalue weighted by molar-refractivity contribution is 5.94. The van der Waals surface area contributed by atoms with Crippen LogP contribution in [0.2, 0.25) is 0 Å². The average Bonchev–Trinajstić information content (AvgIpc) is 2.53. The number of nitrogens with zero attached hydrogens (tertiary/aromatic N) is 3. The highest BCUT2D eigenvalue weighted by Crippen LogP contribution is 2.19. The Morgan fingerprint density at radius 3 is 2.55 bits per heavy atom.